The summed E-state index contributed by atoms with van der Waals surface area (Å²) in [6, 6.07) is 2.81. The zero-order valence-electron chi connectivity index (χ0n) is 4.44. The Morgan fingerprint density at radius 3 is 2.78 bits per heavy atom. The van der Waals surface area contributed by atoms with E-state index in [9.17, 15) is 9.90 Å². The quantitative estimate of drug-likeness (QED) is 0.472. The number of hydrogen-bond donors (Lipinski definition) is 0. The second-order valence-electron chi connectivity index (χ2n) is 1.40. The van der Waals surface area contributed by atoms with Crippen LogP contribution in [0.15, 0.2) is 18.3 Å². The minimum absolute atomic E-state index is 0.141. The van der Waals surface area contributed by atoms with Crippen LogP contribution in [-0.4, -0.2) is 16.2 Å². The highest BCUT2D eigenvalue weighted by atomic mass is 16.4. The van der Waals surface area contributed by atoms with Crippen LogP contribution in [0.3, 0.4) is 0 Å². The number of rotatable bonds is 1. The van der Waals surface area contributed by atoms with Crippen LogP contribution in [-0.2, 0) is 0 Å². The average Bonchev–Trinajstić information content (AvgIpc) is 1.90. The van der Waals surface area contributed by atoms with Crippen molar-refractivity contribution < 1.29 is 9.90 Å². The monoisotopic (exact) mass is 123 g/mol. The van der Waals surface area contributed by atoms with Crippen molar-refractivity contribution in [2.75, 3.05) is 0 Å². The van der Waals surface area contributed by atoms with Crippen molar-refractivity contribution in [1.82, 2.24) is 10.2 Å². The third kappa shape index (κ3) is 1.22. The molecule has 1 aromatic rings. The maximum atomic E-state index is 9.99. The molecule has 0 saturated carbocycles. The number of hydrogen-bond acceptors (Lipinski definition) is 4. The van der Waals surface area contributed by atoms with Gasteiger partial charge in [0.15, 0.2) is 0 Å². The summed E-state index contributed by atoms with van der Waals surface area (Å²) >= 11 is 0. The molecule has 0 bridgehead atoms. The zero-order valence-corrected chi connectivity index (χ0v) is 4.44. The highest BCUT2D eigenvalue weighted by Crippen LogP contribution is 1.85. The second-order valence-corrected chi connectivity index (χ2v) is 1.40. The molecule has 0 amide bonds. The van der Waals surface area contributed by atoms with Gasteiger partial charge in [-0.05, 0) is 12.1 Å². The van der Waals surface area contributed by atoms with E-state index >= 15 is 0 Å². The first-order chi connectivity index (χ1) is 4.30. The predicted octanol–water partition coefficient (Wildman–Crippen LogP) is -1.16. The van der Waals surface area contributed by atoms with Crippen LogP contribution in [0.5, 0.6) is 0 Å². The van der Waals surface area contributed by atoms with Gasteiger partial charge in [0, 0.05) is 6.20 Å². The molecule has 9 heavy (non-hydrogen) atoms. The van der Waals surface area contributed by atoms with Gasteiger partial charge >= 0.3 is 0 Å². The predicted molar refractivity (Wildman–Crippen MR) is 26.4 cm³/mol. The summed E-state index contributed by atoms with van der Waals surface area (Å²) in [6.45, 7) is 0. The third-order valence-corrected chi connectivity index (χ3v) is 0.781. The molecule has 0 atom stereocenters. The van der Waals surface area contributed by atoms with Crippen molar-refractivity contribution in [2.45, 2.75) is 0 Å². The number of aromatic carboxylic acids is 1. The number of carboxylic acid groups (broad SMARTS) is 1. The van der Waals surface area contributed by atoms with Crippen LogP contribution in [0.25, 0.3) is 0 Å². The number of nitrogens with zero attached hydrogens (tertiary/aromatic N) is 2. The van der Waals surface area contributed by atoms with Gasteiger partial charge in [-0.25, -0.2) is 0 Å². The highest BCUT2D eigenvalue weighted by Gasteiger charge is 1.89. The van der Waals surface area contributed by atoms with Gasteiger partial charge in [0.2, 0.25) is 0 Å². The number of carboxylic acids is 1. The van der Waals surface area contributed by atoms with Gasteiger partial charge < -0.3 is 9.90 Å². The Labute approximate surface area is 51.2 Å². The first-order valence-corrected chi connectivity index (χ1v) is 2.30. The van der Waals surface area contributed by atoms with E-state index in [0.717, 1.165) is 0 Å². The molecule has 0 aliphatic carbocycles. The Kier molecular flexibility index (Phi) is 1.40. The van der Waals surface area contributed by atoms with Gasteiger partial charge in [0.25, 0.3) is 0 Å². The largest absolute Gasteiger partial charge is 0.543 e. The van der Waals surface area contributed by atoms with E-state index in [2.05, 4.69) is 10.2 Å². The molecule has 46 valence electrons. The molecule has 0 fully saturated rings. The lowest BCUT2D eigenvalue weighted by atomic mass is 10.4. The summed E-state index contributed by atoms with van der Waals surface area (Å²) in [4.78, 5) is 9.99. The normalized spacial score (nSPS) is 8.89. The Morgan fingerprint density at radius 1 is 1.67 bits per heavy atom. The van der Waals surface area contributed by atoms with Crippen molar-refractivity contribution in [2.24, 2.45) is 0 Å². The van der Waals surface area contributed by atoms with Gasteiger partial charge in [-0.15, -0.1) is 5.10 Å². The molecular weight excluding hydrogens is 120 g/mol. The van der Waals surface area contributed by atoms with Crippen LogP contribution in [0.1, 0.15) is 10.5 Å². The first kappa shape index (κ1) is 5.68. The van der Waals surface area contributed by atoms with E-state index in [-0.39, 0.29) is 5.69 Å². The molecule has 0 N–H and O–H groups in total. The molecule has 0 spiro atoms. The first-order valence-electron chi connectivity index (χ1n) is 2.30. The van der Waals surface area contributed by atoms with Gasteiger partial charge in [-0.1, -0.05) is 0 Å². The molecule has 0 aliphatic heterocycles. The Hall–Kier alpha value is -1.45. The average molecular weight is 123 g/mol. The SMILES string of the molecule is O=C([O-])c1cccnn1. The summed E-state index contributed by atoms with van der Waals surface area (Å²) in [5, 5.41) is 16.6. The molecule has 1 heterocycles. The lowest BCUT2D eigenvalue weighted by Crippen LogP contribution is -2.23. The molecule has 0 aliphatic rings. The second kappa shape index (κ2) is 2.21. The van der Waals surface area contributed by atoms with Gasteiger partial charge in [0.05, 0.1) is 5.97 Å². The van der Waals surface area contributed by atoms with E-state index < -0.39 is 5.97 Å². The maximum absolute atomic E-state index is 9.99. The Bertz CT molecular complexity index is 209. The Balaban J connectivity index is 2.98. The minimum atomic E-state index is -1.30. The molecule has 0 aromatic carbocycles. The molecular formula is C5H3N2O2-. The molecule has 0 unspecified atom stereocenters. The van der Waals surface area contributed by atoms with Crippen molar-refractivity contribution >= 4 is 5.97 Å². The molecule has 0 saturated heterocycles. The standard InChI is InChI=1S/C5H4N2O2/c8-5(9)4-2-1-3-6-7-4/h1-3H,(H,8,9)/p-1. The van der Waals surface area contributed by atoms with Crippen LogP contribution in [0.4, 0.5) is 0 Å². The van der Waals surface area contributed by atoms with Crippen molar-refractivity contribution in [3.63, 3.8) is 0 Å². The van der Waals surface area contributed by atoms with E-state index in [1.54, 1.807) is 0 Å². The van der Waals surface area contributed by atoms with Gasteiger partial charge in [-0.2, -0.15) is 5.10 Å². The fraction of sp³-hybridized carbons (Fsp3) is 0. The maximum Gasteiger partial charge on any atom is 0.108 e. The molecule has 1 aromatic heterocycles. The highest BCUT2D eigenvalue weighted by molar-refractivity contribution is 5.82. The van der Waals surface area contributed by atoms with Crippen LogP contribution < -0.4 is 5.11 Å². The molecule has 0 radical (unpaired) electrons. The summed E-state index contributed by atoms with van der Waals surface area (Å²) in [7, 11) is 0. The minimum Gasteiger partial charge on any atom is -0.543 e. The van der Waals surface area contributed by atoms with E-state index in [1.165, 1.54) is 18.3 Å². The van der Waals surface area contributed by atoms with E-state index in [1.807, 2.05) is 0 Å². The topological polar surface area (TPSA) is 65.9 Å². The molecule has 4 heteroatoms. The van der Waals surface area contributed by atoms with Crippen LogP contribution in [0.2, 0.25) is 0 Å². The number of carbonyl (C=O) groups is 1. The fourth-order valence-electron chi connectivity index (χ4n) is 0.410. The number of aromatic nitrogens is 2. The smallest absolute Gasteiger partial charge is 0.108 e. The summed E-state index contributed by atoms with van der Waals surface area (Å²) in [5.41, 5.74) is -0.141. The summed E-state index contributed by atoms with van der Waals surface area (Å²) < 4.78 is 0. The van der Waals surface area contributed by atoms with Gasteiger partial charge in [-0.3, -0.25) is 0 Å². The third-order valence-electron chi connectivity index (χ3n) is 0.781. The summed E-state index contributed by atoms with van der Waals surface area (Å²) in [5.74, 6) is -1.30. The van der Waals surface area contributed by atoms with Gasteiger partial charge in [0.1, 0.15) is 5.69 Å². The van der Waals surface area contributed by atoms with Crippen molar-refractivity contribution in [1.29, 1.82) is 0 Å². The number of carbonyl (C=O) groups excluding carboxylic acids is 1. The van der Waals surface area contributed by atoms with Crippen LogP contribution in [0, 0.1) is 0 Å². The molecule has 4 nitrogen and oxygen atoms in total. The van der Waals surface area contributed by atoms with Crippen molar-refractivity contribution in [3.8, 4) is 0 Å². The summed E-state index contributed by atoms with van der Waals surface area (Å²) in [6.07, 6.45) is 1.40. The van der Waals surface area contributed by atoms with Crippen molar-refractivity contribution in [3.05, 3.63) is 24.0 Å². The lowest BCUT2D eigenvalue weighted by molar-refractivity contribution is -0.255. The Morgan fingerprint density at radius 2 is 2.44 bits per heavy atom. The lowest BCUT2D eigenvalue weighted by Gasteiger charge is -1.95. The van der Waals surface area contributed by atoms with E-state index in [4.69, 9.17) is 0 Å². The molecule has 1 rings (SSSR count). The fourth-order valence-corrected chi connectivity index (χ4v) is 0.410. The van der Waals surface area contributed by atoms with E-state index in [0.29, 0.717) is 0 Å². The zero-order chi connectivity index (χ0) is 6.69. The van der Waals surface area contributed by atoms with Crippen LogP contribution >= 0.6 is 0 Å².